The van der Waals surface area contributed by atoms with Gasteiger partial charge in [-0.1, -0.05) is 0 Å². The van der Waals surface area contributed by atoms with E-state index < -0.39 is 0 Å². The Morgan fingerprint density at radius 2 is 2.23 bits per heavy atom. The van der Waals surface area contributed by atoms with E-state index in [9.17, 15) is 4.79 Å². The highest BCUT2D eigenvalue weighted by molar-refractivity contribution is 8.00. The summed E-state index contributed by atoms with van der Waals surface area (Å²) >= 11 is 2.02. The SMILES string of the molecule is CN=C(NCCNC(=O)c1ccco1)NCC1(C)CCCS1. The molecule has 7 heteroatoms. The van der Waals surface area contributed by atoms with Crippen molar-refractivity contribution in [2.24, 2.45) is 4.99 Å². The second kappa shape index (κ2) is 8.12. The quantitative estimate of drug-likeness (QED) is 0.419. The van der Waals surface area contributed by atoms with Crippen molar-refractivity contribution in [3.63, 3.8) is 0 Å². The van der Waals surface area contributed by atoms with Crippen LogP contribution in [0.2, 0.25) is 0 Å². The second-order valence-corrected chi connectivity index (χ2v) is 7.17. The predicted octanol–water partition coefficient (Wildman–Crippen LogP) is 1.46. The molecule has 1 aliphatic heterocycles. The molecule has 1 aromatic heterocycles. The average molecular weight is 324 g/mol. The molecule has 1 aromatic rings. The first-order chi connectivity index (χ1) is 10.6. The fraction of sp³-hybridized carbons (Fsp3) is 0.600. The summed E-state index contributed by atoms with van der Waals surface area (Å²) in [4.78, 5) is 15.9. The summed E-state index contributed by atoms with van der Waals surface area (Å²) in [7, 11) is 1.75. The van der Waals surface area contributed by atoms with Gasteiger partial charge in [0.2, 0.25) is 0 Å². The highest BCUT2D eigenvalue weighted by Crippen LogP contribution is 2.36. The van der Waals surface area contributed by atoms with Crippen molar-refractivity contribution < 1.29 is 9.21 Å². The first kappa shape index (κ1) is 16.7. The molecule has 1 unspecified atom stereocenters. The zero-order valence-corrected chi connectivity index (χ0v) is 14.0. The van der Waals surface area contributed by atoms with Crippen LogP contribution in [-0.4, -0.2) is 49.0 Å². The minimum atomic E-state index is -0.204. The number of aliphatic imine (C=N–C) groups is 1. The van der Waals surface area contributed by atoms with Crippen LogP contribution < -0.4 is 16.0 Å². The van der Waals surface area contributed by atoms with Crippen LogP contribution >= 0.6 is 11.8 Å². The van der Waals surface area contributed by atoms with Crippen molar-refractivity contribution >= 4 is 23.6 Å². The molecular weight excluding hydrogens is 300 g/mol. The molecule has 6 nitrogen and oxygen atoms in total. The maximum absolute atomic E-state index is 11.7. The fourth-order valence-corrected chi connectivity index (χ4v) is 3.56. The molecule has 2 rings (SSSR count). The van der Waals surface area contributed by atoms with Gasteiger partial charge in [0, 0.05) is 31.4 Å². The van der Waals surface area contributed by atoms with Crippen LogP contribution in [0.4, 0.5) is 0 Å². The summed E-state index contributed by atoms with van der Waals surface area (Å²) in [6, 6.07) is 3.34. The molecule has 1 fully saturated rings. The lowest BCUT2D eigenvalue weighted by atomic mass is 10.1. The Morgan fingerprint density at radius 1 is 1.41 bits per heavy atom. The number of nitrogens with zero attached hydrogens (tertiary/aromatic N) is 1. The maximum atomic E-state index is 11.7. The average Bonchev–Trinajstić information content (AvgIpc) is 3.18. The first-order valence-corrected chi connectivity index (χ1v) is 8.52. The van der Waals surface area contributed by atoms with Crippen molar-refractivity contribution in [2.45, 2.75) is 24.5 Å². The molecule has 0 aliphatic carbocycles. The highest BCUT2D eigenvalue weighted by atomic mass is 32.2. The fourth-order valence-electron chi connectivity index (χ4n) is 2.32. The first-order valence-electron chi connectivity index (χ1n) is 7.53. The number of thioether (sulfide) groups is 1. The van der Waals surface area contributed by atoms with Gasteiger partial charge in [-0.25, -0.2) is 0 Å². The van der Waals surface area contributed by atoms with Crippen LogP contribution in [0.5, 0.6) is 0 Å². The Labute approximate surface area is 135 Å². The van der Waals surface area contributed by atoms with Gasteiger partial charge in [-0.3, -0.25) is 9.79 Å². The molecule has 1 saturated heterocycles. The van der Waals surface area contributed by atoms with Gasteiger partial charge in [0.15, 0.2) is 11.7 Å². The molecule has 22 heavy (non-hydrogen) atoms. The van der Waals surface area contributed by atoms with Crippen molar-refractivity contribution in [1.82, 2.24) is 16.0 Å². The monoisotopic (exact) mass is 324 g/mol. The standard InChI is InChI=1S/C15H24N4O2S/c1-15(6-4-10-22-15)11-19-14(16-2)18-8-7-17-13(20)12-5-3-9-21-12/h3,5,9H,4,6-8,10-11H2,1-2H3,(H,17,20)(H2,16,18,19). The van der Waals surface area contributed by atoms with E-state index in [2.05, 4.69) is 27.9 Å². The maximum Gasteiger partial charge on any atom is 0.287 e. The topological polar surface area (TPSA) is 78.7 Å². The number of amides is 1. The normalized spacial score (nSPS) is 21.6. The second-order valence-electron chi connectivity index (χ2n) is 5.49. The zero-order chi connectivity index (χ0) is 15.8. The molecule has 1 aliphatic rings. The number of rotatable bonds is 6. The van der Waals surface area contributed by atoms with Gasteiger partial charge in [0.1, 0.15) is 0 Å². The number of guanidine groups is 1. The van der Waals surface area contributed by atoms with Gasteiger partial charge in [-0.2, -0.15) is 11.8 Å². The highest BCUT2D eigenvalue weighted by Gasteiger charge is 2.29. The summed E-state index contributed by atoms with van der Waals surface area (Å²) in [5.41, 5.74) is 0. The molecule has 0 saturated carbocycles. The van der Waals surface area contributed by atoms with Crippen LogP contribution in [0.15, 0.2) is 27.8 Å². The van der Waals surface area contributed by atoms with Gasteiger partial charge in [-0.15, -0.1) is 0 Å². The zero-order valence-electron chi connectivity index (χ0n) is 13.1. The molecule has 1 amide bonds. The van der Waals surface area contributed by atoms with Gasteiger partial charge in [0.25, 0.3) is 5.91 Å². The number of carbonyl (C=O) groups excluding carboxylic acids is 1. The van der Waals surface area contributed by atoms with E-state index in [-0.39, 0.29) is 5.91 Å². The summed E-state index contributed by atoms with van der Waals surface area (Å²) in [5.74, 6) is 2.13. The Balaban J connectivity index is 1.63. The van der Waals surface area contributed by atoms with Crippen LogP contribution in [-0.2, 0) is 0 Å². The number of hydrogen-bond acceptors (Lipinski definition) is 4. The van der Waals surface area contributed by atoms with Crippen molar-refractivity contribution in [3.8, 4) is 0 Å². The molecule has 2 heterocycles. The lowest BCUT2D eigenvalue weighted by Crippen LogP contribution is -2.45. The number of nitrogens with one attached hydrogen (secondary N) is 3. The third kappa shape index (κ3) is 4.98. The van der Waals surface area contributed by atoms with E-state index in [1.807, 2.05) is 11.8 Å². The summed E-state index contributed by atoms with van der Waals surface area (Å²) in [6.45, 7) is 4.30. The van der Waals surface area contributed by atoms with Crippen molar-refractivity contribution in [2.75, 3.05) is 32.4 Å². The Hall–Kier alpha value is -1.63. The van der Waals surface area contributed by atoms with E-state index >= 15 is 0 Å². The largest absolute Gasteiger partial charge is 0.459 e. The van der Waals surface area contributed by atoms with E-state index in [0.29, 0.717) is 23.6 Å². The third-order valence-corrected chi connectivity index (χ3v) is 5.14. The lowest BCUT2D eigenvalue weighted by molar-refractivity contribution is 0.0926. The van der Waals surface area contributed by atoms with Crippen LogP contribution in [0.1, 0.15) is 30.3 Å². The van der Waals surface area contributed by atoms with Crippen LogP contribution in [0, 0.1) is 0 Å². The number of carbonyl (C=O) groups is 1. The Kier molecular flexibility index (Phi) is 6.18. The summed E-state index contributed by atoms with van der Waals surface area (Å²) < 4.78 is 5.33. The molecule has 1 atom stereocenters. The van der Waals surface area contributed by atoms with Gasteiger partial charge < -0.3 is 20.4 Å². The van der Waals surface area contributed by atoms with Crippen molar-refractivity contribution in [3.05, 3.63) is 24.2 Å². The van der Waals surface area contributed by atoms with E-state index in [1.54, 1.807) is 19.2 Å². The molecule has 0 bridgehead atoms. The number of furan rings is 1. The van der Waals surface area contributed by atoms with Crippen LogP contribution in [0.25, 0.3) is 0 Å². The minimum Gasteiger partial charge on any atom is -0.459 e. The van der Waals surface area contributed by atoms with E-state index in [0.717, 1.165) is 12.5 Å². The Morgan fingerprint density at radius 3 is 2.86 bits per heavy atom. The molecule has 0 radical (unpaired) electrons. The molecule has 3 N–H and O–H groups in total. The van der Waals surface area contributed by atoms with Gasteiger partial charge in [0.05, 0.1) is 6.26 Å². The van der Waals surface area contributed by atoms with Crippen LogP contribution in [0.3, 0.4) is 0 Å². The summed E-state index contributed by atoms with van der Waals surface area (Å²) in [6.07, 6.45) is 4.01. The van der Waals surface area contributed by atoms with E-state index in [4.69, 9.17) is 4.42 Å². The Bertz CT molecular complexity index is 496. The van der Waals surface area contributed by atoms with Crippen molar-refractivity contribution in [1.29, 1.82) is 0 Å². The predicted molar refractivity (Wildman–Crippen MR) is 90.5 cm³/mol. The molecule has 0 aromatic carbocycles. The smallest absolute Gasteiger partial charge is 0.287 e. The third-order valence-electron chi connectivity index (χ3n) is 3.60. The molecule has 122 valence electrons. The minimum absolute atomic E-state index is 0.204. The number of hydrogen-bond donors (Lipinski definition) is 3. The van der Waals surface area contributed by atoms with E-state index in [1.165, 1.54) is 24.9 Å². The van der Waals surface area contributed by atoms with Gasteiger partial charge >= 0.3 is 0 Å². The molecular formula is C15H24N4O2S. The lowest BCUT2D eigenvalue weighted by Gasteiger charge is -2.24. The molecule has 0 spiro atoms. The van der Waals surface area contributed by atoms with Gasteiger partial charge in [-0.05, 0) is 37.7 Å². The summed E-state index contributed by atoms with van der Waals surface area (Å²) in [5, 5.41) is 9.34.